The fourth-order valence-corrected chi connectivity index (χ4v) is 3.05. The van der Waals surface area contributed by atoms with Crippen molar-refractivity contribution in [1.29, 1.82) is 0 Å². The second-order valence-electron chi connectivity index (χ2n) is 4.95. The summed E-state index contributed by atoms with van der Waals surface area (Å²) in [4.78, 5) is 22.8. The predicted molar refractivity (Wildman–Crippen MR) is 87.7 cm³/mol. The molecule has 1 fully saturated rings. The molecule has 0 spiro atoms. The van der Waals surface area contributed by atoms with Gasteiger partial charge in [0.1, 0.15) is 0 Å². The van der Waals surface area contributed by atoms with E-state index < -0.39 is 0 Å². The number of hydrogen-bond donors (Lipinski definition) is 0. The maximum absolute atomic E-state index is 12.3. The van der Waals surface area contributed by atoms with Gasteiger partial charge in [0.25, 0.3) is 0 Å². The summed E-state index contributed by atoms with van der Waals surface area (Å²) in [7, 11) is 0. The molecule has 6 heteroatoms. The number of hydrogen-bond acceptors (Lipinski definition) is 5. The Morgan fingerprint density at radius 2 is 1.95 bits per heavy atom. The fourth-order valence-electron chi connectivity index (χ4n) is 2.35. The third kappa shape index (κ3) is 4.41. The Morgan fingerprint density at radius 3 is 2.48 bits per heavy atom. The molecule has 1 aromatic heterocycles. The minimum atomic E-state index is 0.137. The molecule has 0 N–H and O–H groups in total. The molecule has 1 amide bonds. The average molecular weight is 306 g/mol. The van der Waals surface area contributed by atoms with Gasteiger partial charge in [-0.05, 0) is 0 Å². The number of carbonyl (C=O) groups is 1. The van der Waals surface area contributed by atoms with Crippen LogP contribution in [0.1, 0.15) is 0 Å². The Kier molecular flexibility index (Phi) is 5.95. The molecule has 0 aliphatic carbocycles. The normalized spacial score (nSPS) is 15.7. The molecular formula is C15H22N4OS. The molecule has 2 heterocycles. The van der Waals surface area contributed by atoms with E-state index >= 15 is 0 Å². The Balaban J connectivity index is 1.80. The topological polar surface area (TPSA) is 39.7 Å². The van der Waals surface area contributed by atoms with Crippen molar-refractivity contribution < 1.29 is 4.79 Å². The summed E-state index contributed by atoms with van der Waals surface area (Å²) in [6, 6.07) is 0. The first-order valence-corrected chi connectivity index (χ1v) is 7.99. The molecule has 1 aliphatic heterocycles. The lowest BCUT2D eigenvalue weighted by atomic mass is 10.3. The summed E-state index contributed by atoms with van der Waals surface area (Å²) in [6.07, 6.45) is 5.34. The molecule has 21 heavy (non-hydrogen) atoms. The van der Waals surface area contributed by atoms with Crippen molar-refractivity contribution >= 4 is 22.4 Å². The molecule has 114 valence electrons. The maximum atomic E-state index is 12.3. The van der Waals surface area contributed by atoms with E-state index in [0.717, 1.165) is 31.3 Å². The number of carbonyl (C=O) groups excluding carboxylic acids is 1. The van der Waals surface area contributed by atoms with Crippen molar-refractivity contribution in [3.8, 4) is 0 Å². The van der Waals surface area contributed by atoms with E-state index in [1.54, 1.807) is 28.4 Å². The van der Waals surface area contributed by atoms with E-state index in [2.05, 4.69) is 27.9 Å². The van der Waals surface area contributed by atoms with Crippen LogP contribution < -0.4 is 4.90 Å². The van der Waals surface area contributed by atoms with Gasteiger partial charge in [-0.25, -0.2) is 4.98 Å². The second-order valence-corrected chi connectivity index (χ2v) is 5.83. The van der Waals surface area contributed by atoms with Gasteiger partial charge in [0.05, 0.1) is 6.54 Å². The first-order chi connectivity index (χ1) is 10.2. The standard InChI is InChI=1S/C15H22N4OS/c1-3-6-18(7-4-2)14(20)13-17-8-10-19(11-9-17)15-16-5-12-21-15/h3-5,12H,1-2,6-11,13H2. The van der Waals surface area contributed by atoms with Crippen LogP contribution in [0.15, 0.2) is 36.9 Å². The first kappa shape index (κ1) is 15.7. The summed E-state index contributed by atoms with van der Waals surface area (Å²) < 4.78 is 0. The van der Waals surface area contributed by atoms with E-state index in [0.29, 0.717) is 19.6 Å². The molecule has 1 aliphatic rings. The van der Waals surface area contributed by atoms with Crippen LogP contribution >= 0.6 is 11.3 Å². The zero-order valence-electron chi connectivity index (χ0n) is 12.3. The molecule has 0 radical (unpaired) electrons. The maximum Gasteiger partial charge on any atom is 0.237 e. The third-order valence-electron chi connectivity index (χ3n) is 3.47. The summed E-state index contributed by atoms with van der Waals surface area (Å²) in [6.45, 7) is 12.6. The number of anilines is 1. The smallest absolute Gasteiger partial charge is 0.237 e. The Morgan fingerprint density at radius 1 is 1.29 bits per heavy atom. The molecule has 5 nitrogen and oxygen atoms in total. The Hall–Kier alpha value is -1.66. The SMILES string of the molecule is C=CCN(CC=C)C(=O)CN1CCN(c2nccs2)CC1. The van der Waals surface area contributed by atoms with Crippen molar-refractivity contribution in [2.45, 2.75) is 0 Å². The molecular weight excluding hydrogens is 284 g/mol. The third-order valence-corrected chi connectivity index (χ3v) is 4.30. The minimum Gasteiger partial charge on any atom is -0.346 e. The van der Waals surface area contributed by atoms with Gasteiger partial charge in [-0.15, -0.1) is 24.5 Å². The highest BCUT2D eigenvalue weighted by Gasteiger charge is 2.21. The van der Waals surface area contributed by atoms with Crippen LogP contribution in [0.4, 0.5) is 5.13 Å². The molecule has 0 atom stereocenters. The number of thiazole rings is 1. The lowest BCUT2D eigenvalue weighted by Gasteiger charge is -2.35. The van der Waals surface area contributed by atoms with E-state index in [1.165, 1.54) is 0 Å². The second kappa shape index (κ2) is 7.95. The lowest BCUT2D eigenvalue weighted by molar-refractivity contribution is -0.131. The van der Waals surface area contributed by atoms with Crippen molar-refractivity contribution in [1.82, 2.24) is 14.8 Å². The van der Waals surface area contributed by atoms with Crippen LogP contribution in [0.5, 0.6) is 0 Å². The molecule has 1 saturated heterocycles. The Labute approximate surface area is 130 Å². The van der Waals surface area contributed by atoms with E-state index in [4.69, 9.17) is 0 Å². The Bertz CT molecular complexity index is 456. The van der Waals surface area contributed by atoms with Gasteiger partial charge in [0, 0.05) is 50.8 Å². The van der Waals surface area contributed by atoms with Gasteiger partial charge in [-0.2, -0.15) is 0 Å². The molecule has 2 rings (SSSR count). The number of aromatic nitrogens is 1. The number of piperazine rings is 1. The van der Waals surface area contributed by atoms with E-state index in [-0.39, 0.29) is 5.91 Å². The van der Waals surface area contributed by atoms with Crippen LogP contribution in [-0.4, -0.2) is 66.5 Å². The van der Waals surface area contributed by atoms with Crippen LogP contribution in [0, 0.1) is 0 Å². The molecule has 0 unspecified atom stereocenters. The largest absolute Gasteiger partial charge is 0.346 e. The summed E-state index contributed by atoms with van der Waals surface area (Å²) >= 11 is 1.66. The molecule has 0 aromatic carbocycles. The van der Waals surface area contributed by atoms with Crippen molar-refractivity contribution in [3.05, 3.63) is 36.9 Å². The number of rotatable bonds is 7. The summed E-state index contributed by atoms with van der Waals surface area (Å²) in [5.41, 5.74) is 0. The van der Waals surface area contributed by atoms with Gasteiger partial charge in [-0.3, -0.25) is 9.69 Å². The van der Waals surface area contributed by atoms with Gasteiger partial charge in [0.2, 0.25) is 5.91 Å². The van der Waals surface area contributed by atoms with Gasteiger partial charge in [0.15, 0.2) is 5.13 Å². The van der Waals surface area contributed by atoms with Gasteiger partial charge in [-0.1, -0.05) is 12.2 Å². The molecule has 0 bridgehead atoms. The number of amides is 1. The zero-order valence-corrected chi connectivity index (χ0v) is 13.1. The van der Waals surface area contributed by atoms with Crippen LogP contribution in [0.25, 0.3) is 0 Å². The van der Waals surface area contributed by atoms with Crippen molar-refractivity contribution in [2.75, 3.05) is 50.7 Å². The van der Waals surface area contributed by atoms with Crippen LogP contribution in [0.3, 0.4) is 0 Å². The van der Waals surface area contributed by atoms with Gasteiger partial charge >= 0.3 is 0 Å². The van der Waals surface area contributed by atoms with E-state index in [9.17, 15) is 4.79 Å². The van der Waals surface area contributed by atoms with Crippen LogP contribution in [-0.2, 0) is 4.79 Å². The predicted octanol–water partition coefficient (Wildman–Crippen LogP) is 1.47. The summed E-state index contributed by atoms with van der Waals surface area (Å²) in [5, 5.41) is 3.06. The monoisotopic (exact) mass is 306 g/mol. The highest BCUT2D eigenvalue weighted by Crippen LogP contribution is 2.18. The van der Waals surface area contributed by atoms with Gasteiger partial charge < -0.3 is 9.80 Å². The highest BCUT2D eigenvalue weighted by molar-refractivity contribution is 7.13. The first-order valence-electron chi connectivity index (χ1n) is 7.11. The minimum absolute atomic E-state index is 0.137. The molecule has 1 aromatic rings. The van der Waals surface area contributed by atoms with E-state index in [1.807, 2.05) is 11.6 Å². The summed E-state index contributed by atoms with van der Waals surface area (Å²) in [5.74, 6) is 0.137. The van der Waals surface area contributed by atoms with Crippen molar-refractivity contribution in [2.24, 2.45) is 0 Å². The van der Waals surface area contributed by atoms with Crippen LogP contribution in [0.2, 0.25) is 0 Å². The number of nitrogens with zero attached hydrogens (tertiary/aromatic N) is 4. The molecule has 0 saturated carbocycles. The quantitative estimate of drug-likeness (QED) is 0.715. The lowest BCUT2D eigenvalue weighted by Crippen LogP contribution is -2.50. The van der Waals surface area contributed by atoms with Crippen molar-refractivity contribution in [3.63, 3.8) is 0 Å². The zero-order chi connectivity index (χ0) is 15.1. The highest BCUT2D eigenvalue weighted by atomic mass is 32.1. The fraction of sp³-hybridized carbons (Fsp3) is 0.467. The average Bonchev–Trinajstić information content (AvgIpc) is 3.02.